The van der Waals surface area contributed by atoms with Crippen molar-refractivity contribution < 1.29 is 9.53 Å². The van der Waals surface area contributed by atoms with Crippen LogP contribution in [0.25, 0.3) is 0 Å². The van der Waals surface area contributed by atoms with E-state index in [0.717, 1.165) is 28.3 Å². The second-order valence-electron chi connectivity index (χ2n) is 6.31. The lowest BCUT2D eigenvalue weighted by Gasteiger charge is -2.16. The summed E-state index contributed by atoms with van der Waals surface area (Å²) in [5.74, 6) is 0.799. The zero-order valence-corrected chi connectivity index (χ0v) is 15.2. The number of carbonyl (C=O) groups excluding carboxylic acids is 1. The van der Waals surface area contributed by atoms with Crippen LogP contribution < -0.4 is 15.4 Å². The molecule has 1 heterocycles. The Labute approximate surface area is 143 Å². The summed E-state index contributed by atoms with van der Waals surface area (Å²) in [6.45, 7) is 9.78. The van der Waals surface area contributed by atoms with Gasteiger partial charge in [-0.25, -0.2) is 4.79 Å². The molecular formula is C18H26N4O2. The molecule has 0 spiro atoms. The van der Waals surface area contributed by atoms with E-state index in [4.69, 9.17) is 4.74 Å². The first-order chi connectivity index (χ1) is 11.3. The molecule has 1 atom stereocenters. The molecule has 0 fully saturated rings. The van der Waals surface area contributed by atoms with Gasteiger partial charge in [-0.2, -0.15) is 5.10 Å². The Morgan fingerprint density at radius 3 is 2.50 bits per heavy atom. The molecule has 0 radical (unpaired) electrons. The quantitative estimate of drug-likeness (QED) is 0.878. The summed E-state index contributed by atoms with van der Waals surface area (Å²) in [5, 5.41) is 10.1. The Bertz CT molecular complexity index is 722. The lowest BCUT2D eigenvalue weighted by Crippen LogP contribution is -2.31. The van der Waals surface area contributed by atoms with Crippen LogP contribution in [0.4, 0.5) is 10.5 Å². The summed E-state index contributed by atoms with van der Waals surface area (Å²) >= 11 is 0. The molecule has 2 amide bonds. The molecule has 2 aromatic rings. The second kappa shape index (κ2) is 7.38. The SMILES string of the molecule is Cc1cc(OC(C)C)ccc1NC(=O)N[C@@H](C)c1cn(C)nc1C. The van der Waals surface area contributed by atoms with Gasteiger partial charge < -0.3 is 15.4 Å². The lowest BCUT2D eigenvalue weighted by molar-refractivity contribution is 0.242. The molecule has 6 nitrogen and oxygen atoms in total. The number of aromatic nitrogens is 2. The molecule has 0 aliphatic carbocycles. The molecule has 2 rings (SSSR count). The highest BCUT2D eigenvalue weighted by molar-refractivity contribution is 5.90. The summed E-state index contributed by atoms with van der Waals surface area (Å²) in [6, 6.07) is 5.27. The van der Waals surface area contributed by atoms with E-state index in [1.54, 1.807) is 4.68 Å². The predicted octanol–water partition coefficient (Wildman–Crippen LogP) is 3.71. The van der Waals surface area contributed by atoms with Crippen LogP contribution in [0.3, 0.4) is 0 Å². The maximum Gasteiger partial charge on any atom is 0.319 e. The number of ether oxygens (including phenoxy) is 1. The summed E-state index contributed by atoms with van der Waals surface area (Å²) < 4.78 is 7.40. The fourth-order valence-corrected chi connectivity index (χ4v) is 2.60. The van der Waals surface area contributed by atoms with Crippen molar-refractivity contribution in [2.45, 2.75) is 46.8 Å². The lowest BCUT2D eigenvalue weighted by atomic mass is 10.1. The molecule has 0 saturated carbocycles. The van der Waals surface area contributed by atoms with E-state index in [9.17, 15) is 4.79 Å². The van der Waals surface area contributed by atoms with Crippen LogP contribution in [0.2, 0.25) is 0 Å². The molecule has 2 N–H and O–H groups in total. The minimum atomic E-state index is -0.244. The van der Waals surface area contributed by atoms with Crippen molar-refractivity contribution in [1.82, 2.24) is 15.1 Å². The predicted molar refractivity (Wildman–Crippen MR) is 95.5 cm³/mol. The molecule has 1 aromatic carbocycles. The molecule has 6 heteroatoms. The highest BCUT2D eigenvalue weighted by Crippen LogP contribution is 2.22. The fraction of sp³-hybridized carbons (Fsp3) is 0.444. The summed E-state index contributed by atoms with van der Waals surface area (Å²) in [5.41, 5.74) is 3.63. The van der Waals surface area contributed by atoms with Crippen molar-refractivity contribution in [2.75, 3.05) is 5.32 Å². The van der Waals surface area contributed by atoms with Gasteiger partial charge in [0.05, 0.1) is 17.8 Å². The largest absolute Gasteiger partial charge is 0.491 e. The van der Waals surface area contributed by atoms with Gasteiger partial charge in [0.1, 0.15) is 5.75 Å². The first kappa shape index (κ1) is 17.8. The normalized spacial score (nSPS) is 12.1. The monoisotopic (exact) mass is 330 g/mol. The van der Waals surface area contributed by atoms with Gasteiger partial charge in [-0.15, -0.1) is 0 Å². The zero-order valence-electron chi connectivity index (χ0n) is 15.2. The maximum absolute atomic E-state index is 12.2. The van der Waals surface area contributed by atoms with E-state index in [-0.39, 0.29) is 18.2 Å². The van der Waals surface area contributed by atoms with Crippen molar-refractivity contribution in [1.29, 1.82) is 0 Å². The van der Waals surface area contributed by atoms with Gasteiger partial charge >= 0.3 is 6.03 Å². The summed E-state index contributed by atoms with van der Waals surface area (Å²) in [6.07, 6.45) is 2.04. The van der Waals surface area contributed by atoms with Crippen molar-refractivity contribution in [3.05, 3.63) is 41.2 Å². The smallest absolute Gasteiger partial charge is 0.319 e. The fourth-order valence-electron chi connectivity index (χ4n) is 2.60. The highest BCUT2D eigenvalue weighted by atomic mass is 16.5. The molecule has 0 unspecified atom stereocenters. The average Bonchev–Trinajstić information content (AvgIpc) is 2.80. The number of nitrogens with zero attached hydrogens (tertiary/aromatic N) is 2. The number of hydrogen-bond acceptors (Lipinski definition) is 3. The Balaban J connectivity index is 2.00. The van der Waals surface area contributed by atoms with E-state index in [0.29, 0.717) is 0 Å². The minimum absolute atomic E-state index is 0.120. The third-order valence-electron chi connectivity index (χ3n) is 3.68. The first-order valence-corrected chi connectivity index (χ1v) is 8.11. The number of anilines is 1. The van der Waals surface area contributed by atoms with Gasteiger partial charge in [0.25, 0.3) is 0 Å². The minimum Gasteiger partial charge on any atom is -0.491 e. The van der Waals surface area contributed by atoms with E-state index in [1.165, 1.54) is 0 Å². The molecule has 24 heavy (non-hydrogen) atoms. The van der Waals surface area contributed by atoms with Gasteiger partial charge in [0.2, 0.25) is 0 Å². The molecule has 1 aromatic heterocycles. The molecule has 0 aliphatic rings. The second-order valence-corrected chi connectivity index (χ2v) is 6.31. The van der Waals surface area contributed by atoms with E-state index < -0.39 is 0 Å². The van der Waals surface area contributed by atoms with Crippen molar-refractivity contribution >= 4 is 11.7 Å². The molecule has 130 valence electrons. The standard InChI is InChI=1S/C18H26N4O2/c1-11(2)24-15-7-8-17(12(3)9-15)20-18(23)19-13(4)16-10-22(6)21-14(16)5/h7-11,13H,1-6H3,(H2,19,20,23)/t13-/m0/s1. The number of benzene rings is 1. The highest BCUT2D eigenvalue weighted by Gasteiger charge is 2.15. The third-order valence-corrected chi connectivity index (χ3v) is 3.68. The molecule has 0 aliphatic heterocycles. The Kier molecular flexibility index (Phi) is 5.49. The van der Waals surface area contributed by atoms with Crippen LogP contribution in [-0.2, 0) is 7.05 Å². The Morgan fingerprint density at radius 2 is 1.96 bits per heavy atom. The number of nitrogens with one attached hydrogen (secondary N) is 2. The van der Waals surface area contributed by atoms with E-state index in [2.05, 4.69) is 15.7 Å². The van der Waals surface area contributed by atoms with Crippen LogP contribution in [0.5, 0.6) is 5.75 Å². The van der Waals surface area contributed by atoms with Crippen molar-refractivity contribution in [3.8, 4) is 5.75 Å². The Hall–Kier alpha value is -2.50. The third kappa shape index (κ3) is 4.50. The summed E-state index contributed by atoms with van der Waals surface area (Å²) in [4.78, 5) is 12.2. The average molecular weight is 330 g/mol. The van der Waals surface area contributed by atoms with Gasteiger partial charge in [-0.3, -0.25) is 4.68 Å². The Morgan fingerprint density at radius 1 is 1.25 bits per heavy atom. The van der Waals surface area contributed by atoms with Crippen LogP contribution in [0.15, 0.2) is 24.4 Å². The topological polar surface area (TPSA) is 68.2 Å². The van der Waals surface area contributed by atoms with Crippen molar-refractivity contribution in [3.63, 3.8) is 0 Å². The van der Waals surface area contributed by atoms with Crippen LogP contribution in [0.1, 0.15) is 43.6 Å². The maximum atomic E-state index is 12.2. The van der Waals surface area contributed by atoms with Gasteiger partial charge in [0.15, 0.2) is 0 Å². The molecular weight excluding hydrogens is 304 g/mol. The first-order valence-electron chi connectivity index (χ1n) is 8.11. The van der Waals surface area contributed by atoms with Gasteiger partial charge in [0, 0.05) is 24.5 Å². The van der Waals surface area contributed by atoms with E-state index >= 15 is 0 Å². The number of hydrogen-bond donors (Lipinski definition) is 2. The number of amides is 2. The number of rotatable bonds is 5. The molecule has 0 bridgehead atoms. The summed E-state index contributed by atoms with van der Waals surface area (Å²) in [7, 11) is 1.87. The zero-order chi connectivity index (χ0) is 17.9. The molecule has 0 saturated heterocycles. The van der Waals surface area contributed by atoms with Crippen LogP contribution >= 0.6 is 0 Å². The van der Waals surface area contributed by atoms with Gasteiger partial charge in [-0.05, 0) is 58.4 Å². The number of urea groups is 1. The van der Waals surface area contributed by atoms with Crippen molar-refractivity contribution in [2.24, 2.45) is 7.05 Å². The van der Waals surface area contributed by atoms with E-state index in [1.807, 2.05) is 66.1 Å². The van der Waals surface area contributed by atoms with Crippen LogP contribution in [-0.4, -0.2) is 21.9 Å². The number of aryl methyl sites for hydroxylation is 3. The van der Waals surface area contributed by atoms with Crippen LogP contribution in [0, 0.1) is 13.8 Å². The van der Waals surface area contributed by atoms with Gasteiger partial charge in [-0.1, -0.05) is 0 Å². The number of carbonyl (C=O) groups is 1.